The van der Waals surface area contributed by atoms with E-state index in [0.717, 1.165) is 18.7 Å². The standard InChI is InChI=1S/C26H25ClN4O3/c27-22-7-5-20(6-8-22)26(32)29-15-13-28(14-16-29)23-9-10-24(31(33)34)25(17-23)30-12-11-19-3-1-2-4-21(19)18-30/h1-10,17H,11-16,18H2. The van der Waals surface area contributed by atoms with Gasteiger partial charge < -0.3 is 14.7 Å². The number of anilines is 2. The number of rotatable bonds is 4. The maximum atomic E-state index is 12.8. The molecule has 2 aliphatic rings. The summed E-state index contributed by atoms with van der Waals surface area (Å²) in [5, 5.41) is 12.4. The van der Waals surface area contributed by atoms with Gasteiger partial charge in [0.2, 0.25) is 0 Å². The van der Waals surface area contributed by atoms with Crippen LogP contribution in [0.1, 0.15) is 21.5 Å². The van der Waals surface area contributed by atoms with Gasteiger partial charge in [-0.05, 0) is 53.9 Å². The fraction of sp³-hybridized carbons (Fsp3) is 0.269. The van der Waals surface area contributed by atoms with Gasteiger partial charge in [-0.2, -0.15) is 0 Å². The molecule has 2 heterocycles. The normalized spacial score (nSPS) is 15.7. The van der Waals surface area contributed by atoms with Crippen LogP contribution in [0.5, 0.6) is 0 Å². The summed E-state index contributed by atoms with van der Waals surface area (Å²) in [7, 11) is 0. The summed E-state index contributed by atoms with van der Waals surface area (Å²) in [5.41, 5.74) is 4.86. The third-order valence-corrected chi connectivity index (χ3v) is 6.90. The van der Waals surface area contributed by atoms with Gasteiger partial charge in [-0.15, -0.1) is 0 Å². The maximum absolute atomic E-state index is 12.8. The number of halogens is 1. The smallest absolute Gasteiger partial charge is 0.292 e. The molecule has 7 nitrogen and oxygen atoms in total. The summed E-state index contributed by atoms with van der Waals surface area (Å²) in [5.74, 6) is -0.00677. The van der Waals surface area contributed by atoms with Crippen molar-refractivity contribution < 1.29 is 9.72 Å². The Balaban J connectivity index is 1.33. The maximum Gasteiger partial charge on any atom is 0.292 e. The van der Waals surface area contributed by atoms with Crippen molar-refractivity contribution in [2.24, 2.45) is 0 Å². The molecule has 0 unspecified atom stereocenters. The van der Waals surface area contributed by atoms with Crippen molar-refractivity contribution in [3.05, 3.63) is 98.6 Å². The Bertz CT molecular complexity index is 1220. The van der Waals surface area contributed by atoms with Crippen molar-refractivity contribution in [1.29, 1.82) is 0 Å². The molecule has 1 saturated heterocycles. The van der Waals surface area contributed by atoms with Crippen molar-refractivity contribution in [3.8, 4) is 0 Å². The molecule has 0 bridgehead atoms. The van der Waals surface area contributed by atoms with Gasteiger partial charge in [0.05, 0.1) is 4.92 Å². The van der Waals surface area contributed by atoms with Gasteiger partial charge >= 0.3 is 0 Å². The summed E-state index contributed by atoms with van der Waals surface area (Å²) in [6.45, 7) is 3.91. The van der Waals surface area contributed by atoms with E-state index in [1.165, 1.54) is 11.1 Å². The zero-order chi connectivity index (χ0) is 23.7. The van der Waals surface area contributed by atoms with Crippen LogP contribution in [0, 0.1) is 10.1 Å². The molecule has 0 aromatic heterocycles. The molecule has 34 heavy (non-hydrogen) atoms. The van der Waals surface area contributed by atoms with Gasteiger partial charge in [0, 0.05) is 61.6 Å². The Labute approximate surface area is 203 Å². The predicted molar refractivity (Wildman–Crippen MR) is 134 cm³/mol. The minimum absolute atomic E-state index is 0.00677. The number of nitro benzene ring substituents is 1. The van der Waals surface area contributed by atoms with Crippen LogP contribution in [-0.2, 0) is 13.0 Å². The molecule has 0 N–H and O–H groups in total. The van der Waals surface area contributed by atoms with Gasteiger partial charge in [0.1, 0.15) is 5.69 Å². The number of nitrogens with zero attached hydrogens (tertiary/aromatic N) is 4. The third-order valence-electron chi connectivity index (χ3n) is 6.65. The number of hydrogen-bond acceptors (Lipinski definition) is 5. The highest BCUT2D eigenvalue weighted by atomic mass is 35.5. The van der Waals surface area contributed by atoms with Crippen LogP contribution in [0.15, 0.2) is 66.7 Å². The van der Waals surface area contributed by atoms with E-state index >= 15 is 0 Å². The lowest BCUT2D eigenvalue weighted by atomic mass is 9.99. The lowest BCUT2D eigenvalue weighted by Crippen LogP contribution is -2.48. The molecule has 3 aromatic rings. The van der Waals surface area contributed by atoms with Crippen molar-refractivity contribution in [2.75, 3.05) is 42.5 Å². The Hall–Kier alpha value is -3.58. The molecule has 8 heteroatoms. The predicted octanol–water partition coefficient (Wildman–Crippen LogP) is 4.77. The summed E-state index contributed by atoms with van der Waals surface area (Å²) in [4.78, 5) is 30.4. The van der Waals surface area contributed by atoms with E-state index in [1.807, 2.05) is 29.2 Å². The average Bonchev–Trinajstić information content (AvgIpc) is 2.88. The first-order valence-corrected chi connectivity index (χ1v) is 11.8. The summed E-state index contributed by atoms with van der Waals surface area (Å²) in [6, 6.07) is 20.6. The van der Waals surface area contributed by atoms with E-state index in [1.54, 1.807) is 30.3 Å². The molecule has 1 fully saturated rings. The Kier molecular flexibility index (Phi) is 6.11. The Morgan fingerprint density at radius 1 is 0.853 bits per heavy atom. The van der Waals surface area contributed by atoms with E-state index in [0.29, 0.717) is 49.0 Å². The van der Waals surface area contributed by atoms with Crippen LogP contribution < -0.4 is 9.80 Å². The highest BCUT2D eigenvalue weighted by Crippen LogP contribution is 2.35. The number of hydrogen-bond donors (Lipinski definition) is 0. The summed E-state index contributed by atoms with van der Waals surface area (Å²) in [6.07, 6.45) is 0.864. The van der Waals surface area contributed by atoms with Crippen LogP contribution in [0.25, 0.3) is 0 Å². The molecule has 0 saturated carbocycles. The number of fused-ring (bicyclic) bond motifs is 1. The highest BCUT2D eigenvalue weighted by Gasteiger charge is 2.27. The number of benzene rings is 3. The van der Waals surface area contributed by atoms with E-state index in [-0.39, 0.29) is 16.5 Å². The number of piperazine rings is 1. The molecule has 5 rings (SSSR count). The topological polar surface area (TPSA) is 69.9 Å². The van der Waals surface area contributed by atoms with Gasteiger partial charge in [-0.25, -0.2) is 0 Å². The molecule has 0 atom stereocenters. The van der Waals surface area contributed by atoms with Crippen LogP contribution in [-0.4, -0.2) is 48.5 Å². The lowest BCUT2D eigenvalue weighted by molar-refractivity contribution is -0.384. The van der Waals surface area contributed by atoms with Crippen molar-refractivity contribution in [1.82, 2.24) is 4.90 Å². The van der Waals surface area contributed by atoms with Crippen molar-refractivity contribution in [2.45, 2.75) is 13.0 Å². The first-order valence-electron chi connectivity index (χ1n) is 11.4. The molecular weight excluding hydrogens is 452 g/mol. The first-order chi connectivity index (χ1) is 16.5. The highest BCUT2D eigenvalue weighted by molar-refractivity contribution is 6.30. The summed E-state index contributed by atoms with van der Waals surface area (Å²) >= 11 is 5.94. The van der Waals surface area contributed by atoms with Crippen molar-refractivity contribution in [3.63, 3.8) is 0 Å². The SMILES string of the molecule is O=C(c1ccc(Cl)cc1)N1CCN(c2ccc([N+](=O)[O-])c(N3CCc4ccccc4C3)c2)CC1. The second kappa shape index (κ2) is 9.35. The third kappa shape index (κ3) is 4.43. The Morgan fingerprint density at radius 2 is 1.56 bits per heavy atom. The number of carbonyl (C=O) groups is 1. The molecule has 3 aromatic carbocycles. The number of carbonyl (C=O) groups excluding carboxylic acids is 1. The molecule has 2 aliphatic heterocycles. The monoisotopic (exact) mass is 476 g/mol. The van der Waals surface area contributed by atoms with Gasteiger partial charge in [-0.1, -0.05) is 35.9 Å². The number of nitro groups is 1. The minimum Gasteiger partial charge on any atom is -0.368 e. The quantitative estimate of drug-likeness (QED) is 0.400. The largest absolute Gasteiger partial charge is 0.368 e. The van der Waals surface area contributed by atoms with Gasteiger partial charge in [0.15, 0.2) is 0 Å². The average molecular weight is 477 g/mol. The van der Waals surface area contributed by atoms with E-state index in [4.69, 9.17) is 11.6 Å². The van der Waals surface area contributed by atoms with Crippen LogP contribution in [0.2, 0.25) is 5.02 Å². The zero-order valence-corrected chi connectivity index (χ0v) is 19.4. The first kappa shape index (κ1) is 22.2. The van der Waals surface area contributed by atoms with E-state index < -0.39 is 0 Å². The molecule has 0 radical (unpaired) electrons. The fourth-order valence-electron chi connectivity index (χ4n) is 4.76. The minimum atomic E-state index is -0.303. The second-order valence-corrected chi connectivity index (χ2v) is 9.09. The van der Waals surface area contributed by atoms with Gasteiger partial charge in [-0.3, -0.25) is 14.9 Å². The summed E-state index contributed by atoms with van der Waals surface area (Å²) < 4.78 is 0. The van der Waals surface area contributed by atoms with Crippen LogP contribution >= 0.6 is 11.6 Å². The van der Waals surface area contributed by atoms with Crippen LogP contribution in [0.4, 0.5) is 17.1 Å². The fourth-order valence-corrected chi connectivity index (χ4v) is 4.89. The van der Waals surface area contributed by atoms with Gasteiger partial charge in [0.25, 0.3) is 11.6 Å². The zero-order valence-electron chi connectivity index (χ0n) is 18.7. The van der Waals surface area contributed by atoms with E-state index in [2.05, 4.69) is 21.9 Å². The molecule has 0 aliphatic carbocycles. The van der Waals surface area contributed by atoms with Crippen LogP contribution in [0.3, 0.4) is 0 Å². The van der Waals surface area contributed by atoms with Crippen molar-refractivity contribution >= 4 is 34.6 Å². The Morgan fingerprint density at radius 3 is 2.26 bits per heavy atom. The molecule has 174 valence electrons. The second-order valence-electron chi connectivity index (χ2n) is 8.66. The lowest BCUT2D eigenvalue weighted by Gasteiger charge is -2.37. The molecule has 0 spiro atoms. The molecular formula is C26H25ClN4O3. The number of amides is 1. The molecule has 1 amide bonds. The van der Waals surface area contributed by atoms with E-state index in [9.17, 15) is 14.9 Å².